The molecule has 2 aliphatic rings. The standard InChI is InChI=1S/C24H50N8O4/c25-21-3-11-31(12-4-21)15-19-35-17-9-29-23(33)27-7-1-2-8-28-24(34)30-10-18-36-20-16-32-13-5-22(26)6-14-32/h21-22H,1-20,25-26H2,(H2,27,29,33)(H2,28,30,34). The summed E-state index contributed by atoms with van der Waals surface area (Å²) in [5.41, 5.74) is 11.8. The van der Waals surface area contributed by atoms with Crippen LogP contribution in [-0.2, 0) is 9.47 Å². The molecule has 210 valence electrons. The van der Waals surface area contributed by atoms with Crippen molar-refractivity contribution >= 4 is 12.1 Å². The molecule has 2 rings (SSSR count). The summed E-state index contributed by atoms with van der Waals surface area (Å²) in [6.45, 7) is 10.4. The molecule has 12 nitrogen and oxygen atoms in total. The van der Waals surface area contributed by atoms with Crippen LogP contribution in [0.15, 0.2) is 0 Å². The summed E-state index contributed by atoms with van der Waals surface area (Å²) in [5, 5.41) is 11.2. The maximum Gasteiger partial charge on any atom is 0.314 e. The van der Waals surface area contributed by atoms with Crippen molar-refractivity contribution in [1.29, 1.82) is 0 Å². The van der Waals surface area contributed by atoms with Gasteiger partial charge in [-0.05, 0) is 64.7 Å². The molecule has 0 aliphatic carbocycles. The van der Waals surface area contributed by atoms with Gasteiger partial charge in [0.15, 0.2) is 0 Å². The summed E-state index contributed by atoms with van der Waals surface area (Å²) < 4.78 is 11.2. The van der Waals surface area contributed by atoms with E-state index in [1.54, 1.807) is 0 Å². The van der Waals surface area contributed by atoms with E-state index in [9.17, 15) is 9.59 Å². The largest absolute Gasteiger partial charge is 0.378 e. The van der Waals surface area contributed by atoms with E-state index in [4.69, 9.17) is 20.9 Å². The summed E-state index contributed by atoms with van der Waals surface area (Å²) in [6.07, 6.45) is 5.78. The van der Waals surface area contributed by atoms with Crippen LogP contribution < -0.4 is 32.7 Å². The fraction of sp³-hybridized carbons (Fsp3) is 0.917. The van der Waals surface area contributed by atoms with Crippen LogP contribution in [0.1, 0.15) is 38.5 Å². The second-order valence-corrected chi connectivity index (χ2v) is 9.66. The zero-order chi connectivity index (χ0) is 25.8. The lowest BCUT2D eigenvalue weighted by Crippen LogP contribution is -2.41. The van der Waals surface area contributed by atoms with Crippen molar-refractivity contribution in [3.05, 3.63) is 0 Å². The molecule has 4 amide bonds. The molecule has 0 saturated carbocycles. The van der Waals surface area contributed by atoms with Gasteiger partial charge in [0.2, 0.25) is 0 Å². The van der Waals surface area contributed by atoms with Crippen LogP contribution in [0.4, 0.5) is 9.59 Å². The van der Waals surface area contributed by atoms with E-state index in [-0.39, 0.29) is 12.1 Å². The van der Waals surface area contributed by atoms with Crippen molar-refractivity contribution in [3.63, 3.8) is 0 Å². The Morgan fingerprint density at radius 3 is 1.36 bits per heavy atom. The van der Waals surface area contributed by atoms with Gasteiger partial charge in [0.05, 0.1) is 26.4 Å². The monoisotopic (exact) mass is 514 g/mol. The van der Waals surface area contributed by atoms with Gasteiger partial charge >= 0.3 is 12.1 Å². The van der Waals surface area contributed by atoms with Crippen LogP contribution >= 0.6 is 0 Å². The highest BCUT2D eigenvalue weighted by Crippen LogP contribution is 2.08. The maximum absolute atomic E-state index is 11.8. The second kappa shape index (κ2) is 19.4. The van der Waals surface area contributed by atoms with E-state index in [2.05, 4.69) is 31.1 Å². The van der Waals surface area contributed by atoms with E-state index in [0.29, 0.717) is 64.7 Å². The minimum atomic E-state index is -0.196. The van der Waals surface area contributed by atoms with Gasteiger partial charge in [0.25, 0.3) is 0 Å². The Morgan fingerprint density at radius 1 is 0.611 bits per heavy atom. The van der Waals surface area contributed by atoms with E-state index < -0.39 is 0 Å². The Labute approximate surface area is 216 Å². The van der Waals surface area contributed by atoms with Crippen molar-refractivity contribution in [2.75, 3.05) is 91.9 Å². The number of amides is 4. The zero-order valence-electron chi connectivity index (χ0n) is 22.0. The molecule has 0 spiro atoms. The quantitative estimate of drug-likeness (QED) is 0.138. The van der Waals surface area contributed by atoms with Gasteiger partial charge in [-0.1, -0.05) is 0 Å². The minimum absolute atomic E-state index is 0.196. The van der Waals surface area contributed by atoms with E-state index >= 15 is 0 Å². The Hall–Kier alpha value is -1.70. The molecule has 0 aromatic heterocycles. The molecule has 0 atom stereocenters. The minimum Gasteiger partial charge on any atom is -0.378 e. The number of likely N-dealkylation sites (tertiary alicyclic amines) is 2. The highest BCUT2D eigenvalue weighted by Gasteiger charge is 2.16. The first-order valence-corrected chi connectivity index (χ1v) is 13.7. The first-order chi connectivity index (χ1) is 17.5. The molecule has 0 aromatic carbocycles. The molecule has 12 heteroatoms. The molecule has 36 heavy (non-hydrogen) atoms. The molecule has 2 saturated heterocycles. The van der Waals surface area contributed by atoms with Crippen molar-refractivity contribution in [3.8, 4) is 0 Å². The van der Waals surface area contributed by atoms with Gasteiger partial charge in [0, 0.05) is 51.4 Å². The average Bonchev–Trinajstić information content (AvgIpc) is 2.87. The second-order valence-electron chi connectivity index (χ2n) is 9.66. The smallest absolute Gasteiger partial charge is 0.314 e. The van der Waals surface area contributed by atoms with Gasteiger partial charge in [-0.3, -0.25) is 0 Å². The highest BCUT2D eigenvalue weighted by atomic mass is 16.5. The lowest BCUT2D eigenvalue weighted by Gasteiger charge is -2.29. The number of rotatable bonds is 17. The molecule has 0 aromatic rings. The molecule has 2 heterocycles. The summed E-state index contributed by atoms with van der Waals surface area (Å²) in [6, 6.07) is 0.296. The number of unbranched alkanes of at least 4 members (excludes halogenated alkanes) is 1. The van der Waals surface area contributed by atoms with Crippen molar-refractivity contribution in [2.24, 2.45) is 11.5 Å². The van der Waals surface area contributed by atoms with Crippen molar-refractivity contribution < 1.29 is 19.1 Å². The lowest BCUT2D eigenvalue weighted by atomic mass is 10.1. The Balaban J connectivity index is 1.28. The molecule has 8 N–H and O–H groups in total. The number of nitrogens with one attached hydrogen (secondary N) is 4. The van der Waals surface area contributed by atoms with Gasteiger partial charge < -0.3 is 52.0 Å². The summed E-state index contributed by atoms with van der Waals surface area (Å²) >= 11 is 0. The third-order valence-corrected chi connectivity index (χ3v) is 6.61. The lowest BCUT2D eigenvalue weighted by molar-refractivity contribution is 0.0961. The Bertz CT molecular complexity index is 534. The van der Waals surface area contributed by atoms with E-state index in [1.165, 1.54) is 0 Å². The van der Waals surface area contributed by atoms with Crippen LogP contribution in [0.5, 0.6) is 0 Å². The summed E-state index contributed by atoms with van der Waals surface area (Å²) in [4.78, 5) is 28.3. The molecule has 0 unspecified atom stereocenters. The number of ether oxygens (including phenoxy) is 2. The molecule has 2 aliphatic heterocycles. The number of carbonyl (C=O) groups excluding carboxylic acids is 2. The number of carbonyl (C=O) groups is 2. The fourth-order valence-electron chi connectivity index (χ4n) is 4.20. The summed E-state index contributed by atoms with van der Waals surface area (Å²) in [7, 11) is 0. The van der Waals surface area contributed by atoms with Gasteiger partial charge in [-0.15, -0.1) is 0 Å². The number of nitrogens with zero attached hydrogens (tertiary/aromatic N) is 2. The Morgan fingerprint density at radius 2 is 0.972 bits per heavy atom. The fourth-order valence-corrected chi connectivity index (χ4v) is 4.20. The topological polar surface area (TPSA) is 159 Å². The maximum atomic E-state index is 11.8. The van der Waals surface area contributed by atoms with Crippen LogP contribution in [-0.4, -0.2) is 126 Å². The molecule has 0 bridgehead atoms. The van der Waals surface area contributed by atoms with Gasteiger partial charge in [-0.2, -0.15) is 0 Å². The van der Waals surface area contributed by atoms with Crippen LogP contribution in [0.3, 0.4) is 0 Å². The van der Waals surface area contributed by atoms with E-state index in [0.717, 1.165) is 77.8 Å². The first-order valence-electron chi connectivity index (χ1n) is 13.7. The Kier molecular flexibility index (Phi) is 16.5. The predicted octanol–water partition coefficient (Wildman–Crippen LogP) is -0.756. The predicted molar refractivity (Wildman–Crippen MR) is 141 cm³/mol. The molecule has 0 radical (unpaired) electrons. The van der Waals surface area contributed by atoms with Crippen LogP contribution in [0.2, 0.25) is 0 Å². The van der Waals surface area contributed by atoms with Crippen molar-refractivity contribution in [2.45, 2.75) is 50.6 Å². The normalized spacial score (nSPS) is 18.2. The summed E-state index contributed by atoms with van der Waals surface area (Å²) in [5.74, 6) is 0. The van der Waals surface area contributed by atoms with Gasteiger partial charge in [0.1, 0.15) is 0 Å². The van der Waals surface area contributed by atoms with Crippen LogP contribution in [0.25, 0.3) is 0 Å². The van der Waals surface area contributed by atoms with Gasteiger partial charge in [-0.25, -0.2) is 9.59 Å². The van der Waals surface area contributed by atoms with Crippen LogP contribution in [0, 0.1) is 0 Å². The molecule has 2 fully saturated rings. The SMILES string of the molecule is NC1CCN(CCOCCNC(=O)NCCCCNC(=O)NCCOCCN2CCC(N)CC2)CC1. The number of hydrogen-bond donors (Lipinski definition) is 6. The molecular formula is C24H50N8O4. The number of nitrogens with two attached hydrogens (primary N) is 2. The first kappa shape index (κ1) is 30.5. The molecular weight excluding hydrogens is 464 g/mol. The highest BCUT2D eigenvalue weighted by molar-refractivity contribution is 5.74. The number of urea groups is 2. The third kappa shape index (κ3) is 15.4. The number of piperidine rings is 2. The average molecular weight is 515 g/mol. The zero-order valence-corrected chi connectivity index (χ0v) is 22.0. The van der Waals surface area contributed by atoms with Crippen molar-refractivity contribution in [1.82, 2.24) is 31.1 Å². The number of hydrogen-bond acceptors (Lipinski definition) is 8. The third-order valence-electron chi connectivity index (χ3n) is 6.61. The van der Waals surface area contributed by atoms with E-state index in [1.807, 2.05) is 0 Å².